The molecule has 0 saturated carbocycles. The minimum atomic E-state index is -0.943. The standard InChI is InChI=1S/C39H42N2O4S/c1-4-44-38(45-5-2)29(3)41(27-30-28-46-35-24-16-15-23-34(30)35)37(43)26-25-36(42)40-39(31-17-9-6-10-18-31,32-19-11-7-12-20-32)33-21-13-8-14-22-33/h6-24,28-29,38H,4-5,25-27H2,1-3H3,(H,40,42)/t29-/m0/s1. The first kappa shape index (κ1) is 33.1. The number of carbonyl (C=O) groups is 2. The quantitative estimate of drug-likeness (QED) is 0.0939. The first-order valence-electron chi connectivity index (χ1n) is 15.9. The third kappa shape index (κ3) is 7.39. The number of nitrogens with one attached hydrogen (secondary N) is 1. The average molecular weight is 635 g/mol. The molecule has 238 valence electrons. The van der Waals surface area contributed by atoms with E-state index in [2.05, 4.69) is 22.8 Å². The van der Waals surface area contributed by atoms with E-state index in [4.69, 9.17) is 9.47 Å². The second-order valence-corrected chi connectivity index (χ2v) is 12.1. The summed E-state index contributed by atoms with van der Waals surface area (Å²) in [6.45, 7) is 7.10. The normalized spacial score (nSPS) is 12.3. The van der Waals surface area contributed by atoms with Crippen LogP contribution in [-0.4, -0.2) is 42.3 Å². The Morgan fingerprint density at radius 2 is 1.24 bits per heavy atom. The second-order valence-electron chi connectivity index (χ2n) is 11.2. The number of rotatable bonds is 15. The average Bonchev–Trinajstić information content (AvgIpc) is 3.52. The first-order chi connectivity index (χ1) is 22.5. The van der Waals surface area contributed by atoms with Crippen LogP contribution in [0.1, 0.15) is 55.9 Å². The summed E-state index contributed by atoms with van der Waals surface area (Å²) in [7, 11) is 0. The lowest BCUT2D eigenvalue weighted by atomic mass is 9.77. The number of hydrogen-bond donors (Lipinski definition) is 1. The highest BCUT2D eigenvalue weighted by atomic mass is 32.1. The van der Waals surface area contributed by atoms with Gasteiger partial charge in [-0.05, 0) is 59.9 Å². The van der Waals surface area contributed by atoms with Crippen molar-refractivity contribution in [3.8, 4) is 0 Å². The van der Waals surface area contributed by atoms with E-state index < -0.39 is 11.8 Å². The number of benzene rings is 4. The summed E-state index contributed by atoms with van der Waals surface area (Å²) in [5, 5.41) is 6.61. The zero-order valence-electron chi connectivity index (χ0n) is 26.7. The fraction of sp³-hybridized carbons (Fsp3) is 0.282. The van der Waals surface area contributed by atoms with Gasteiger partial charge in [-0.25, -0.2) is 0 Å². The Morgan fingerprint density at radius 1 is 0.739 bits per heavy atom. The van der Waals surface area contributed by atoms with E-state index in [9.17, 15) is 9.59 Å². The van der Waals surface area contributed by atoms with Gasteiger partial charge in [0.15, 0.2) is 6.29 Å². The Bertz CT molecular complexity index is 1590. The van der Waals surface area contributed by atoms with E-state index in [1.54, 1.807) is 16.2 Å². The molecule has 0 spiro atoms. The Morgan fingerprint density at radius 3 is 1.76 bits per heavy atom. The van der Waals surface area contributed by atoms with E-state index in [0.29, 0.717) is 19.8 Å². The number of fused-ring (bicyclic) bond motifs is 1. The predicted octanol–water partition coefficient (Wildman–Crippen LogP) is 7.91. The molecule has 2 amide bonds. The van der Waals surface area contributed by atoms with Crippen molar-refractivity contribution in [1.82, 2.24) is 10.2 Å². The van der Waals surface area contributed by atoms with Gasteiger partial charge >= 0.3 is 0 Å². The van der Waals surface area contributed by atoms with Crippen LogP contribution in [0.5, 0.6) is 0 Å². The van der Waals surface area contributed by atoms with Crippen molar-refractivity contribution in [1.29, 1.82) is 0 Å². The maximum absolute atomic E-state index is 14.1. The van der Waals surface area contributed by atoms with Gasteiger partial charge in [0.05, 0.1) is 6.04 Å². The highest BCUT2D eigenvalue weighted by molar-refractivity contribution is 7.17. The molecule has 0 fully saturated rings. The fourth-order valence-electron chi connectivity index (χ4n) is 6.02. The molecule has 6 nitrogen and oxygen atoms in total. The van der Waals surface area contributed by atoms with Crippen LogP contribution < -0.4 is 5.32 Å². The summed E-state index contributed by atoms with van der Waals surface area (Å²) < 4.78 is 13.0. The Balaban J connectivity index is 1.43. The molecular weight excluding hydrogens is 593 g/mol. The van der Waals surface area contributed by atoms with E-state index in [1.807, 2.05) is 124 Å². The molecule has 5 rings (SSSR count). The smallest absolute Gasteiger partial charge is 0.223 e. The second kappa shape index (κ2) is 15.8. The van der Waals surface area contributed by atoms with Gasteiger partial charge in [0.2, 0.25) is 11.8 Å². The number of nitrogens with zero attached hydrogens (tertiary/aromatic N) is 1. The van der Waals surface area contributed by atoms with Crippen LogP contribution in [0.15, 0.2) is 121 Å². The van der Waals surface area contributed by atoms with Gasteiger partial charge in [-0.2, -0.15) is 0 Å². The number of carbonyl (C=O) groups excluding carboxylic acids is 2. The molecule has 4 aromatic carbocycles. The summed E-state index contributed by atoms with van der Waals surface area (Å²) in [5.41, 5.74) is 2.92. The molecule has 0 radical (unpaired) electrons. The highest BCUT2D eigenvalue weighted by Crippen LogP contribution is 2.37. The summed E-state index contributed by atoms with van der Waals surface area (Å²) in [6.07, 6.45) is -0.522. The minimum absolute atomic E-state index is 0.0224. The molecule has 0 aliphatic rings. The molecular formula is C39H42N2O4S. The molecule has 7 heteroatoms. The number of ether oxygens (including phenoxy) is 2. The van der Waals surface area contributed by atoms with Gasteiger partial charge in [0.1, 0.15) is 5.54 Å². The van der Waals surface area contributed by atoms with Gasteiger partial charge in [-0.1, -0.05) is 109 Å². The van der Waals surface area contributed by atoms with Crippen LogP contribution in [0.25, 0.3) is 10.1 Å². The molecule has 46 heavy (non-hydrogen) atoms. The van der Waals surface area contributed by atoms with Gasteiger partial charge in [0, 0.05) is 37.3 Å². The summed E-state index contributed by atoms with van der Waals surface area (Å²) in [5.74, 6) is -0.350. The van der Waals surface area contributed by atoms with E-state index >= 15 is 0 Å². The van der Waals surface area contributed by atoms with Gasteiger partial charge in [0.25, 0.3) is 0 Å². The van der Waals surface area contributed by atoms with Crippen molar-refractivity contribution < 1.29 is 19.1 Å². The van der Waals surface area contributed by atoms with Crippen molar-refractivity contribution >= 4 is 33.2 Å². The lowest BCUT2D eigenvalue weighted by Gasteiger charge is -2.37. The van der Waals surface area contributed by atoms with Crippen LogP contribution in [0.4, 0.5) is 0 Å². The van der Waals surface area contributed by atoms with Gasteiger partial charge in [-0.15, -0.1) is 11.3 Å². The predicted molar refractivity (Wildman–Crippen MR) is 185 cm³/mol. The van der Waals surface area contributed by atoms with Gasteiger partial charge < -0.3 is 19.7 Å². The molecule has 1 atom stereocenters. The number of thiophene rings is 1. The maximum atomic E-state index is 14.1. The Labute approximate surface area is 276 Å². The molecule has 0 saturated heterocycles. The zero-order chi connectivity index (χ0) is 32.4. The highest BCUT2D eigenvalue weighted by Gasteiger charge is 2.38. The number of amides is 2. The van der Waals surface area contributed by atoms with E-state index in [-0.39, 0.29) is 30.7 Å². The van der Waals surface area contributed by atoms with E-state index in [0.717, 1.165) is 27.6 Å². The summed E-state index contributed by atoms with van der Waals surface area (Å²) in [6, 6.07) is 37.8. The van der Waals surface area contributed by atoms with Crippen LogP contribution in [-0.2, 0) is 31.1 Å². The van der Waals surface area contributed by atoms with Crippen LogP contribution >= 0.6 is 11.3 Å². The maximum Gasteiger partial charge on any atom is 0.223 e. The van der Waals surface area contributed by atoms with Crippen molar-refractivity contribution in [2.45, 2.75) is 58.0 Å². The Hall–Kier alpha value is -4.30. The summed E-state index contributed by atoms with van der Waals surface area (Å²) >= 11 is 1.66. The van der Waals surface area contributed by atoms with Crippen molar-refractivity contribution in [3.63, 3.8) is 0 Å². The van der Waals surface area contributed by atoms with Crippen molar-refractivity contribution in [2.24, 2.45) is 0 Å². The minimum Gasteiger partial charge on any atom is -0.351 e. The lowest BCUT2D eigenvalue weighted by Crippen LogP contribution is -2.49. The fourth-order valence-corrected chi connectivity index (χ4v) is 6.97. The monoisotopic (exact) mass is 634 g/mol. The molecule has 0 aliphatic carbocycles. The third-order valence-corrected chi connectivity index (χ3v) is 9.30. The van der Waals surface area contributed by atoms with Crippen molar-refractivity contribution in [2.75, 3.05) is 13.2 Å². The first-order valence-corrected chi connectivity index (χ1v) is 16.8. The molecule has 0 bridgehead atoms. The molecule has 1 N–H and O–H groups in total. The van der Waals surface area contributed by atoms with Crippen molar-refractivity contribution in [3.05, 3.63) is 143 Å². The third-order valence-electron chi connectivity index (χ3n) is 8.28. The summed E-state index contributed by atoms with van der Waals surface area (Å²) in [4.78, 5) is 29.9. The largest absolute Gasteiger partial charge is 0.351 e. The molecule has 0 aliphatic heterocycles. The molecule has 1 aromatic heterocycles. The molecule has 1 heterocycles. The SMILES string of the molecule is CCOC(OCC)[C@H](C)N(Cc1csc2ccccc12)C(=O)CCC(=O)NC(c1ccccc1)(c1ccccc1)c1ccccc1. The Kier molecular flexibility index (Phi) is 11.4. The van der Waals surface area contributed by atoms with Crippen LogP contribution in [0.3, 0.4) is 0 Å². The van der Waals surface area contributed by atoms with Crippen LogP contribution in [0, 0.1) is 0 Å². The lowest BCUT2D eigenvalue weighted by molar-refractivity contribution is -0.178. The number of hydrogen-bond acceptors (Lipinski definition) is 5. The van der Waals surface area contributed by atoms with Gasteiger partial charge in [-0.3, -0.25) is 9.59 Å². The zero-order valence-corrected chi connectivity index (χ0v) is 27.5. The molecule has 0 unspecified atom stereocenters. The topological polar surface area (TPSA) is 67.9 Å². The van der Waals surface area contributed by atoms with E-state index in [1.165, 1.54) is 4.70 Å². The van der Waals surface area contributed by atoms with Crippen LogP contribution in [0.2, 0.25) is 0 Å². The molecule has 5 aromatic rings.